The summed E-state index contributed by atoms with van der Waals surface area (Å²) < 4.78 is 24.3. The third-order valence-corrected chi connectivity index (χ3v) is 4.59. The van der Waals surface area contributed by atoms with Gasteiger partial charge in [0.15, 0.2) is 0 Å². The van der Waals surface area contributed by atoms with Crippen LogP contribution in [0.25, 0.3) is 0 Å². The van der Waals surface area contributed by atoms with E-state index in [9.17, 15) is 13.2 Å². The highest BCUT2D eigenvalue weighted by Gasteiger charge is 2.44. The second-order valence-corrected chi connectivity index (χ2v) is 6.08. The molecule has 0 radical (unpaired) electrons. The third-order valence-electron chi connectivity index (χ3n) is 2.57. The Morgan fingerprint density at radius 1 is 1.40 bits per heavy atom. The molecule has 1 aromatic rings. The number of pyridine rings is 1. The number of carbonyl (C=O) groups excluding carboxylic acids is 1. The average Bonchev–Trinajstić information content (AvgIpc) is 2.15. The Morgan fingerprint density at radius 2 is 2.07 bits per heavy atom. The van der Waals surface area contributed by atoms with Gasteiger partial charge in [0.25, 0.3) is 5.91 Å². The number of hydrogen-bond donors (Lipinski definition) is 1. The molecule has 5 nitrogen and oxygen atoms in total. The van der Waals surface area contributed by atoms with Gasteiger partial charge in [0.1, 0.15) is 10.4 Å². The summed E-state index contributed by atoms with van der Waals surface area (Å²) in [5.41, 5.74) is 0.617. The van der Waals surface area contributed by atoms with E-state index in [1.165, 1.54) is 6.20 Å². The zero-order valence-corrected chi connectivity index (χ0v) is 9.13. The van der Waals surface area contributed by atoms with Gasteiger partial charge in [-0.2, -0.15) is 0 Å². The summed E-state index contributed by atoms with van der Waals surface area (Å²) in [6.07, 6.45) is 1.46. The van der Waals surface area contributed by atoms with Gasteiger partial charge in [0.05, 0.1) is 0 Å². The van der Waals surface area contributed by atoms with Crippen molar-refractivity contribution in [3.05, 3.63) is 29.6 Å². The molecular formula is C9H10N2O3S. The Bertz CT molecular complexity index is 534. The van der Waals surface area contributed by atoms with E-state index >= 15 is 0 Å². The molecule has 0 unspecified atom stereocenters. The quantitative estimate of drug-likeness (QED) is 0.694. The lowest BCUT2D eigenvalue weighted by Gasteiger charge is -2.30. The van der Waals surface area contributed by atoms with E-state index in [0.29, 0.717) is 5.56 Å². The van der Waals surface area contributed by atoms with Crippen LogP contribution in [0.15, 0.2) is 18.3 Å². The zero-order chi connectivity index (χ0) is 11.3. The molecule has 15 heavy (non-hydrogen) atoms. The van der Waals surface area contributed by atoms with Gasteiger partial charge in [-0.3, -0.25) is 9.78 Å². The van der Waals surface area contributed by atoms with E-state index in [0.717, 1.165) is 0 Å². The number of nitrogens with one attached hydrogen (secondary N) is 1. The molecule has 80 valence electrons. The molecule has 0 atom stereocenters. The SMILES string of the molecule is CC1(C)c2cccnc2C(=O)NS1(=O)=O. The van der Waals surface area contributed by atoms with Gasteiger partial charge < -0.3 is 0 Å². The lowest BCUT2D eigenvalue weighted by molar-refractivity contribution is 0.0969. The fourth-order valence-corrected chi connectivity index (χ4v) is 2.56. The van der Waals surface area contributed by atoms with Gasteiger partial charge in [-0.1, -0.05) is 6.07 Å². The lowest BCUT2D eigenvalue weighted by atomic mass is 10.00. The van der Waals surface area contributed by atoms with Crippen molar-refractivity contribution in [3.8, 4) is 0 Å². The van der Waals surface area contributed by atoms with Crippen molar-refractivity contribution in [1.82, 2.24) is 9.71 Å². The van der Waals surface area contributed by atoms with E-state index in [2.05, 4.69) is 4.98 Å². The van der Waals surface area contributed by atoms with E-state index in [1.807, 2.05) is 4.72 Å². The van der Waals surface area contributed by atoms with Gasteiger partial charge in [0, 0.05) is 11.8 Å². The fourth-order valence-electron chi connectivity index (χ4n) is 1.51. The molecule has 1 amide bonds. The van der Waals surface area contributed by atoms with Gasteiger partial charge >= 0.3 is 0 Å². The summed E-state index contributed by atoms with van der Waals surface area (Å²) in [6, 6.07) is 3.23. The van der Waals surface area contributed by atoms with E-state index in [1.54, 1.807) is 26.0 Å². The first-order valence-electron chi connectivity index (χ1n) is 4.38. The lowest BCUT2D eigenvalue weighted by Crippen LogP contribution is -2.48. The normalized spacial score (nSPS) is 21.6. The predicted octanol–water partition coefficient (Wildman–Crippen LogP) is 0.390. The molecule has 0 aromatic carbocycles. The molecule has 1 N–H and O–H groups in total. The summed E-state index contributed by atoms with van der Waals surface area (Å²) in [7, 11) is -3.66. The number of aromatic nitrogens is 1. The minimum Gasteiger partial charge on any atom is -0.266 e. The molecule has 1 aliphatic heterocycles. The van der Waals surface area contributed by atoms with Gasteiger partial charge in [0.2, 0.25) is 10.0 Å². The topological polar surface area (TPSA) is 76.1 Å². The monoisotopic (exact) mass is 226 g/mol. The molecular weight excluding hydrogens is 216 g/mol. The van der Waals surface area contributed by atoms with Gasteiger partial charge in [-0.25, -0.2) is 13.1 Å². The van der Waals surface area contributed by atoms with Crippen molar-refractivity contribution in [3.63, 3.8) is 0 Å². The first-order valence-corrected chi connectivity index (χ1v) is 5.87. The predicted molar refractivity (Wildman–Crippen MR) is 53.6 cm³/mol. The number of fused-ring (bicyclic) bond motifs is 1. The molecule has 0 saturated carbocycles. The molecule has 1 aromatic heterocycles. The maximum atomic E-state index is 11.7. The Morgan fingerprint density at radius 3 is 2.73 bits per heavy atom. The van der Waals surface area contributed by atoms with Crippen LogP contribution in [0.5, 0.6) is 0 Å². The largest absolute Gasteiger partial charge is 0.283 e. The highest BCUT2D eigenvalue weighted by atomic mass is 32.2. The molecule has 2 rings (SSSR count). The standard InChI is InChI=1S/C9H10N2O3S/c1-9(2)6-4-3-5-10-7(6)8(12)11-15(9,13)14/h3-5H,1-2H3,(H,11,12). The highest BCUT2D eigenvalue weighted by Crippen LogP contribution is 2.33. The second-order valence-electron chi connectivity index (χ2n) is 3.84. The van der Waals surface area contributed by atoms with Crippen LogP contribution in [-0.2, 0) is 14.8 Å². The maximum absolute atomic E-state index is 11.7. The number of hydrogen-bond acceptors (Lipinski definition) is 4. The van der Waals surface area contributed by atoms with Crippen molar-refractivity contribution >= 4 is 15.9 Å². The van der Waals surface area contributed by atoms with E-state index < -0.39 is 20.7 Å². The number of amides is 1. The maximum Gasteiger partial charge on any atom is 0.283 e. The highest BCUT2D eigenvalue weighted by molar-refractivity contribution is 7.91. The molecule has 2 heterocycles. The summed E-state index contributed by atoms with van der Waals surface area (Å²) in [6.45, 7) is 3.09. The van der Waals surface area contributed by atoms with Gasteiger partial charge in [-0.05, 0) is 19.9 Å². The zero-order valence-electron chi connectivity index (χ0n) is 8.31. The Hall–Kier alpha value is -1.43. The smallest absolute Gasteiger partial charge is 0.266 e. The van der Waals surface area contributed by atoms with Crippen LogP contribution in [0.2, 0.25) is 0 Å². The molecule has 1 aliphatic rings. The van der Waals surface area contributed by atoms with Crippen molar-refractivity contribution < 1.29 is 13.2 Å². The van der Waals surface area contributed by atoms with Crippen molar-refractivity contribution in [2.45, 2.75) is 18.6 Å². The molecule has 0 saturated heterocycles. The Balaban J connectivity index is 2.80. The fraction of sp³-hybridized carbons (Fsp3) is 0.333. The summed E-state index contributed by atoms with van der Waals surface area (Å²) >= 11 is 0. The van der Waals surface area contributed by atoms with E-state index in [4.69, 9.17) is 0 Å². The van der Waals surface area contributed by atoms with Crippen LogP contribution in [0.1, 0.15) is 29.9 Å². The van der Waals surface area contributed by atoms with Crippen LogP contribution in [0.3, 0.4) is 0 Å². The number of sulfonamides is 1. The summed E-state index contributed by atoms with van der Waals surface area (Å²) in [5, 5.41) is 0. The number of rotatable bonds is 0. The third kappa shape index (κ3) is 1.25. The number of nitrogens with zero attached hydrogens (tertiary/aromatic N) is 1. The van der Waals surface area contributed by atoms with Crippen molar-refractivity contribution in [2.24, 2.45) is 0 Å². The minimum absolute atomic E-state index is 0.178. The van der Waals surface area contributed by atoms with Crippen LogP contribution < -0.4 is 4.72 Å². The molecule has 0 fully saturated rings. The van der Waals surface area contributed by atoms with Crippen LogP contribution in [0, 0.1) is 0 Å². The van der Waals surface area contributed by atoms with Crippen molar-refractivity contribution in [2.75, 3.05) is 0 Å². The van der Waals surface area contributed by atoms with Gasteiger partial charge in [-0.15, -0.1) is 0 Å². The Kier molecular flexibility index (Phi) is 1.88. The Labute approximate surface area is 87.6 Å². The number of carbonyl (C=O) groups is 1. The first kappa shape index (κ1) is 10.1. The summed E-state index contributed by atoms with van der Waals surface area (Å²) in [4.78, 5) is 15.3. The van der Waals surface area contributed by atoms with Crippen LogP contribution in [0.4, 0.5) is 0 Å². The minimum atomic E-state index is -3.66. The summed E-state index contributed by atoms with van der Waals surface area (Å²) in [5.74, 6) is -0.662. The van der Waals surface area contributed by atoms with Crippen LogP contribution in [-0.4, -0.2) is 19.3 Å². The second kappa shape index (κ2) is 2.79. The molecule has 0 bridgehead atoms. The van der Waals surface area contributed by atoms with Crippen LogP contribution >= 0.6 is 0 Å². The first-order chi connectivity index (χ1) is 6.86. The molecule has 0 aliphatic carbocycles. The van der Waals surface area contributed by atoms with E-state index in [-0.39, 0.29) is 5.69 Å². The molecule has 0 spiro atoms. The average molecular weight is 226 g/mol. The van der Waals surface area contributed by atoms with Crippen molar-refractivity contribution in [1.29, 1.82) is 0 Å². The molecule has 6 heteroatoms.